The topological polar surface area (TPSA) is 86.9 Å². The van der Waals surface area contributed by atoms with Gasteiger partial charge in [0.05, 0.1) is 17.4 Å². The Morgan fingerprint density at radius 1 is 1.04 bits per heavy atom. The summed E-state index contributed by atoms with van der Waals surface area (Å²) >= 11 is 0. The largest absolute Gasteiger partial charge is 0.354 e. The van der Waals surface area contributed by atoms with Crippen molar-refractivity contribution in [3.05, 3.63) is 70.5 Å². The van der Waals surface area contributed by atoms with Gasteiger partial charge in [0, 0.05) is 6.54 Å². The first kappa shape index (κ1) is 15.7. The molecule has 0 aliphatic heterocycles. The van der Waals surface area contributed by atoms with Crippen LogP contribution in [0.15, 0.2) is 59.4 Å². The summed E-state index contributed by atoms with van der Waals surface area (Å²) in [6, 6.07) is 17.0. The highest BCUT2D eigenvalue weighted by Crippen LogP contribution is 2.07. The molecule has 0 atom stereocenters. The van der Waals surface area contributed by atoms with Gasteiger partial charge in [0.15, 0.2) is 0 Å². The molecular formula is C18H18N4O2. The number of hydrogen-bond acceptors (Lipinski definition) is 4. The van der Waals surface area contributed by atoms with Gasteiger partial charge in [-0.15, -0.1) is 0 Å². The van der Waals surface area contributed by atoms with E-state index in [-0.39, 0.29) is 24.0 Å². The molecule has 6 heteroatoms. The van der Waals surface area contributed by atoms with Gasteiger partial charge in [0.2, 0.25) is 11.9 Å². The lowest BCUT2D eigenvalue weighted by molar-refractivity contribution is -0.119. The second-order valence-electron chi connectivity index (χ2n) is 5.37. The van der Waals surface area contributed by atoms with Gasteiger partial charge in [0.1, 0.15) is 0 Å². The highest BCUT2D eigenvalue weighted by molar-refractivity contribution is 5.81. The monoisotopic (exact) mass is 322 g/mol. The van der Waals surface area contributed by atoms with Crippen LogP contribution in [0.4, 0.5) is 5.95 Å². The van der Waals surface area contributed by atoms with Crippen LogP contribution in [-0.4, -0.2) is 29.0 Å². The summed E-state index contributed by atoms with van der Waals surface area (Å²) in [5.74, 6) is 0.138. The zero-order valence-electron chi connectivity index (χ0n) is 13.1. The predicted molar refractivity (Wildman–Crippen MR) is 94.0 cm³/mol. The molecule has 1 amide bonds. The highest BCUT2D eigenvalue weighted by Gasteiger charge is 2.05. The van der Waals surface area contributed by atoms with Crippen LogP contribution in [0.5, 0.6) is 0 Å². The second kappa shape index (κ2) is 7.41. The number of nitrogens with zero attached hydrogens (tertiary/aromatic N) is 1. The lowest BCUT2D eigenvalue weighted by Crippen LogP contribution is -2.32. The maximum Gasteiger partial charge on any atom is 0.260 e. The van der Waals surface area contributed by atoms with Crippen LogP contribution in [0.2, 0.25) is 0 Å². The first-order valence-electron chi connectivity index (χ1n) is 7.76. The van der Waals surface area contributed by atoms with Gasteiger partial charge in [-0.1, -0.05) is 42.5 Å². The minimum absolute atomic E-state index is 0.0517. The molecule has 0 radical (unpaired) electrons. The minimum Gasteiger partial charge on any atom is -0.354 e. The summed E-state index contributed by atoms with van der Waals surface area (Å²) in [6.45, 7) is 0.613. The Labute approximate surface area is 138 Å². The summed E-state index contributed by atoms with van der Waals surface area (Å²) in [7, 11) is 0. The number of fused-ring (bicyclic) bond motifs is 1. The van der Waals surface area contributed by atoms with Gasteiger partial charge in [-0.3, -0.25) is 14.6 Å². The second-order valence-corrected chi connectivity index (χ2v) is 5.37. The smallest absolute Gasteiger partial charge is 0.260 e. The number of rotatable bonds is 6. The Hall–Kier alpha value is -3.15. The lowest BCUT2D eigenvalue weighted by atomic mass is 10.1. The summed E-state index contributed by atoms with van der Waals surface area (Å²) in [4.78, 5) is 30.7. The van der Waals surface area contributed by atoms with Crippen molar-refractivity contribution >= 4 is 22.8 Å². The zero-order valence-corrected chi connectivity index (χ0v) is 13.1. The number of anilines is 1. The minimum atomic E-state index is -0.229. The van der Waals surface area contributed by atoms with Crippen molar-refractivity contribution < 1.29 is 4.79 Å². The Balaban J connectivity index is 1.52. The Kier molecular flexibility index (Phi) is 4.86. The van der Waals surface area contributed by atoms with Crippen molar-refractivity contribution in [2.24, 2.45) is 0 Å². The number of hydrogen-bond donors (Lipinski definition) is 3. The average molecular weight is 322 g/mol. The van der Waals surface area contributed by atoms with E-state index in [1.165, 1.54) is 5.56 Å². The summed E-state index contributed by atoms with van der Waals surface area (Å²) in [5, 5.41) is 6.20. The van der Waals surface area contributed by atoms with Crippen LogP contribution in [0.3, 0.4) is 0 Å². The number of nitrogens with one attached hydrogen (secondary N) is 3. The molecule has 3 aromatic rings. The van der Waals surface area contributed by atoms with Crippen molar-refractivity contribution in [1.82, 2.24) is 15.3 Å². The maximum atomic E-state index is 11.9. The van der Waals surface area contributed by atoms with Crippen LogP contribution in [-0.2, 0) is 11.2 Å². The normalized spacial score (nSPS) is 10.5. The van der Waals surface area contributed by atoms with Crippen molar-refractivity contribution in [2.45, 2.75) is 6.42 Å². The predicted octanol–water partition coefficient (Wildman–Crippen LogP) is 1.69. The molecule has 122 valence electrons. The number of aromatic nitrogens is 2. The summed E-state index contributed by atoms with van der Waals surface area (Å²) in [5.41, 5.74) is 1.53. The third-order valence-electron chi connectivity index (χ3n) is 3.61. The molecule has 1 aromatic heterocycles. The fourth-order valence-electron chi connectivity index (χ4n) is 2.39. The van der Waals surface area contributed by atoms with E-state index in [0.29, 0.717) is 17.4 Å². The number of H-pyrrole nitrogens is 1. The molecule has 0 fully saturated rings. The van der Waals surface area contributed by atoms with Gasteiger partial charge < -0.3 is 10.6 Å². The first-order chi connectivity index (χ1) is 11.7. The van der Waals surface area contributed by atoms with Gasteiger partial charge >= 0.3 is 0 Å². The molecule has 1 heterocycles. The van der Waals surface area contributed by atoms with Crippen molar-refractivity contribution in [3.63, 3.8) is 0 Å². The number of para-hydroxylation sites is 1. The van der Waals surface area contributed by atoms with Crippen LogP contribution in [0.25, 0.3) is 10.9 Å². The van der Waals surface area contributed by atoms with E-state index in [1.807, 2.05) is 36.4 Å². The molecule has 0 saturated carbocycles. The van der Waals surface area contributed by atoms with Crippen LogP contribution in [0, 0.1) is 0 Å². The van der Waals surface area contributed by atoms with Gasteiger partial charge in [0.25, 0.3) is 5.56 Å². The molecule has 0 bridgehead atoms. The standard InChI is InChI=1S/C18H18N4O2/c23-16(19-11-10-13-6-2-1-3-7-13)12-20-18-21-15-9-5-4-8-14(15)17(24)22-18/h1-9H,10-12H2,(H,19,23)(H2,20,21,22,24). The molecule has 0 aliphatic rings. The third kappa shape index (κ3) is 3.98. The van der Waals surface area contributed by atoms with E-state index in [0.717, 1.165) is 6.42 Å². The summed E-state index contributed by atoms with van der Waals surface area (Å²) < 4.78 is 0. The van der Waals surface area contributed by atoms with Crippen LogP contribution < -0.4 is 16.2 Å². The Morgan fingerprint density at radius 3 is 2.62 bits per heavy atom. The molecule has 6 nitrogen and oxygen atoms in total. The van der Waals surface area contributed by atoms with E-state index in [4.69, 9.17) is 0 Å². The Morgan fingerprint density at radius 2 is 1.79 bits per heavy atom. The molecule has 0 spiro atoms. The Bertz CT molecular complexity index is 890. The number of benzene rings is 2. The molecule has 3 rings (SSSR count). The summed E-state index contributed by atoms with van der Waals surface area (Å²) in [6.07, 6.45) is 0.775. The molecule has 3 N–H and O–H groups in total. The number of carbonyl (C=O) groups is 1. The highest BCUT2D eigenvalue weighted by atomic mass is 16.2. The number of carbonyl (C=O) groups excluding carboxylic acids is 1. The van der Waals surface area contributed by atoms with Crippen molar-refractivity contribution in [2.75, 3.05) is 18.4 Å². The zero-order chi connectivity index (χ0) is 16.8. The fourth-order valence-corrected chi connectivity index (χ4v) is 2.39. The molecular weight excluding hydrogens is 304 g/mol. The van der Waals surface area contributed by atoms with Crippen molar-refractivity contribution in [1.29, 1.82) is 0 Å². The van der Waals surface area contributed by atoms with E-state index in [9.17, 15) is 9.59 Å². The van der Waals surface area contributed by atoms with E-state index >= 15 is 0 Å². The molecule has 0 saturated heterocycles. The van der Waals surface area contributed by atoms with Gasteiger partial charge in [-0.05, 0) is 24.1 Å². The maximum absolute atomic E-state index is 11.9. The number of amides is 1. The number of aromatic amines is 1. The molecule has 0 aliphatic carbocycles. The van der Waals surface area contributed by atoms with Gasteiger partial charge in [-0.25, -0.2) is 4.98 Å². The molecule has 2 aromatic carbocycles. The fraction of sp³-hybridized carbons (Fsp3) is 0.167. The molecule has 24 heavy (non-hydrogen) atoms. The van der Waals surface area contributed by atoms with E-state index in [1.54, 1.807) is 18.2 Å². The van der Waals surface area contributed by atoms with Crippen LogP contribution >= 0.6 is 0 Å². The lowest BCUT2D eigenvalue weighted by Gasteiger charge is -2.08. The van der Waals surface area contributed by atoms with E-state index in [2.05, 4.69) is 20.6 Å². The van der Waals surface area contributed by atoms with Crippen LogP contribution in [0.1, 0.15) is 5.56 Å². The molecule has 0 unspecified atom stereocenters. The average Bonchev–Trinajstić information content (AvgIpc) is 2.61. The SMILES string of the molecule is O=C(CNc1nc2ccccc2c(=O)[nH]1)NCCc1ccccc1. The van der Waals surface area contributed by atoms with E-state index < -0.39 is 0 Å². The first-order valence-corrected chi connectivity index (χ1v) is 7.76. The third-order valence-corrected chi connectivity index (χ3v) is 3.61. The quantitative estimate of drug-likeness (QED) is 0.644. The van der Waals surface area contributed by atoms with Gasteiger partial charge in [-0.2, -0.15) is 0 Å². The van der Waals surface area contributed by atoms with Crippen molar-refractivity contribution in [3.8, 4) is 0 Å².